The second kappa shape index (κ2) is 8.09. The van der Waals surface area contributed by atoms with Crippen molar-refractivity contribution in [1.29, 1.82) is 0 Å². The van der Waals surface area contributed by atoms with Crippen molar-refractivity contribution < 1.29 is 13.2 Å². The number of nitrogens with one attached hydrogen (secondary N) is 2. The van der Waals surface area contributed by atoms with Crippen LogP contribution in [-0.4, -0.2) is 14.3 Å². The van der Waals surface area contributed by atoms with Gasteiger partial charge < -0.3 is 5.32 Å². The number of anilines is 1. The van der Waals surface area contributed by atoms with Crippen molar-refractivity contribution in [2.45, 2.75) is 30.2 Å². The topological polar surface area (TPSA) is 75.3 Å². The number of rotatable bonds is 5. The highest BCUT2D eigenvalue weighted by Gasteiger charge is 2.23. The number of hydrogen-bond acceptors (Lipinski definition) is 3. The zero-order valence-corrected chi connectivity index (χ0v) is 16.7. The van der Waals surface area contributed by atoms with Crippen molar-refractivity contribution >= 4 is 21.6 Å². The number of carbonyl (C=O) groups is 1. The van der Waals surface area contributed by atoms with Gasteiger partial charge >= 0.3 is 0 Å². The van der Waals surface area contributed by atoms with Crippen LogP contribution in [0.15, 0.2) is 83.8 Å². The summed E-state index contributed by atoms with van der Waals surface area (Å²) in [6.07, 6.45) is 2.90. The summed E-state index contributed by atoms with van der Waals surface area (Å²) < 4.78 is 27.9. The van der Waals surface area contributed by atoms with Crippen molar-refractivity contribution in [1.82, 2.24) is 5.32 Å². The zero-order valence-electron chi connectivity index (χ0n) is 15.8. The highest BCUT2D eigenvalue weighted by atomic mass is 32.2. The Labute approximate surface area is 170 Å². The van der Waals surface area contributed by atoms with Crippen LogP contribution in [0.5, 0.6) is 0 Å². The van der Waals surface area contributed by atoms with Crippen molar-refractivity contribution in [2.75, 3.05) is 4.72 Å². The van der Waals surface area contributed by atoms with E-state index in [-0.39, 0.29) is 16.8 Å². The number of carbonyl (C=O) groups excluding carboxylic acids is 1. The molecule has 2 N–H and O–H groups in total. The Morgan fingerprint density at radius 3 is 2.48 bits per heavy atom. The standard InChI is InChI=1S/C23H22N2O3S/c26-23(24-22-15-7-9-17-8-4-5-14-21(17)22)18-10-6-13-20(16-18)29(27,28)25-19-11-2-1-3-12-19/h1-6,8,10-14,16,22,25H,7,9,15H2,(H,24,26)/t22-/m0/s1. The first-order valence-electron chi connectivity index (χ1n) is 9.59. The smallest absolute Gasteiger partial charge is 0.261 e. The minimum absolute atomic E-state index is 0.0537. The third-order valence-electron chi connectivity index (χ3n) is 5.11. The lowest BCUT2D eigenvalue weighted by atomic mass is 9.87. The molecule has 1 aliphatic rings. The lowest BCUT2D eigenvalue weighted by molar-refractivity contribution is 0.0932. The van der Waals surface area contributed by atoms with Crippen molar-refractivity contribution in [3.05, 3.63) is 95.6 Å². The molecule has 0 saturated heterocycles. The number of aryl methyl sites for hydroxylation is 1. The van der Waals surface area contributed by atoms with Crippen LogP contribution in [0.4, 0.5) is 5.69 Å². The number of benzene rings is 3. The van der Waals surface area contributed by atoms with Crippen LogP contribution >= 0.6 is 0 Å². The summed E-state index contributed by atoms with van der Waals surface area (Å²) in [6.45, 7) is 0. The first-order chi connectivity index (χ1) is 14.0. The highest BCUT2D eigenvalue weighted by Crippen LogP contribution is 2.29. The largest absolute Gasteiger partial charge is 0.345 e. The summed E-state index contributed by atoms with van der Waals surface area (Å²) in [5, 5.41) is 3.07. The monoisotopic (exact) mass is 406 g/mol. The van der Waals surface area contributed by atoms with Crippen LogP contribution in [0.2, 0.25) is 0 Å². The van der Waals surface area contributed by atoms with Crippen LogP contribution < -0.4 is 10.0 Å². The molecule has 0 radical (unpaired) electrons. The fourth-order valence-corrected chi connectivity index (χ4v) is 4.77. The summed E-state index contributed by atoms with van der Waals surface area (Å²) in [7, 11) is -3.78. The lowest BCUT2D eigenvalue weighted by Crippen LogP contribution is -2.31. The summed E-state index contributed by atoms with van der Waals surface area (Å²) >= 11 is 0. The van der Waals surface area contributed by atoms with E-state index >= 15 is 0 Å². The van der Waals surface area contributed by atoms with Crippen LogP contribution in [0, 0.1) is 0 Å². The van der Waals surface area contributed by atoms with Crippen LogP contribution in [0.25, 0.3) is 0 Å². The molecule has 4 rings (SSSR count). The van der Waals surface area contributed by atoms with Crippen LogP contribution in [-0.2, 0) is 16.4 Å². The van der Waals surface area contributed by atoms with E-state index in [9.17, 15) is 13.2 Å². The maximum Gasteiger partial charge on any atom is 0.261 e. The Morgan fingerprint density at radius 1 is 0.897 bits per heavy atom. The van der Waals surface area contributed by atoms with Crippen LogP contribution in [0.3, 0.4) is 0 Å². The molecule has 29 heavy (non-hydrogen) atoms. The third-order valence-corrected chi connectivity index (χ3v) is 6.49. The first kappa shape index (κ1) is 19.2. The normalized spacial score (nSPS) is 15.9. The molecule has 5 nitrogen and oxygen atoms in total. The fourth-order valence-electron chi connectivity index (χ4n) is 3.67. The van der Waals surface area contributed by atoms with Gasteiger partial charge in [0.15, 0.2) is 0 Å². The third kappa shape index (κ3) is 4.32. The Morgan fingerprint density at radius 2 is 1.66 bits per heavy atom. The maximum absolute atomic E-state index is 12.8. The summed E-state index contributed by atoms with van der Waals surface area (Å²) in [5.74, 6) is -0.275. The van der Waals surface area contributed by atoms with Gasteiger partial charge in [0.05, 0.1) is 10.9 Å². The average molecular weight is 407 g/mol. The molecule has 3 aromatic rings. The van der Waals surface area contributed by atoms with Gasteiger partial charge in [-0.3, -0.25) is 9.52 Å². The number of fused-ring (bicyclic) bond motifs is 1. The number of para-hydroxylation sites is 1. The van der Waals surface area contributed by atoms with Gasteiger partial charge in [-0.25, -0.2) is 8.42 Å². The SMILES string of the molecule is O=C(N[C@H]1CCCc2ccccc21)c1cccc(S(=O)(=O)Nc2ccccc2)c1. The Bertz CT molecular complexity index is 1130. The van der Waals surface area contributed by atoms with Gasteiger partial charge in [0, 0.05) is 11.3 Å². The zero-order chi connectivity index (χ0) is 20.3. The van der Waals surface area contributed by atoms with Gasteiger partial charge in [-0.05, 0) is 60.7 Å². The quantitative estimate of drug-likeness (QED) is 0.664. The number of hydrogen-bond donors (Lipinski definition) is 2. The predicted molar refractivity (Wildman–Crippen MR) is 113 cm³/mol. The second-order valence-corrected chi connectivity index (χ2v) is 8.80. The molecule has 0 aliphatic heterocycles. The van der Waals surface area contributed by atoms with Crippen LogP contribution in [0.1, 0.15) is 40.4 Å². The van der Waals surface area contributed by atoms with E-state index in [2.05, 4.69) is 16.1 Å². The minimum atomic E-state index is -3.78. The first-order valence-corrected chi connectivity index (χ1v) is 11.1. The van der Waals surface area contributed by atoms with E-state index in [1.165, 1.54) is 17.7 Å². The van der Waals surface area contributed by atoms with E-state index in [0.29, 0.717) is 11.3 Å². The van der Waals surface area contributed by atoms with E-state index in [0.717, 1.165) is 24.8 Å². The molecular formula is C23H22N2O3S. The molecule has 0 heterocycles. The van der Waals surface area contributed by atoms with E-state index in [4.69, 9.17) is 0 Å². The summed E-state index contributed by atoms with van der Waals surface area (Å²) in [6, 6.07) is 22.9. The average Bonchev–Trinajstić information content (AvgIpc) is 2.74. The predicted octanol–water partition coefficient (Wildman–Crippen LogP) is 4.29. The molecule has 1 atom stereocenters. The van der Waals surface area contributed by atoms with Gasteiger partial charge in [0.2, 0.25) is 0 Å². The molecule has 6 heteroatoms. The van der Waals surface area contributed by atoms with E-state index < -0.39 is 10.0 Å². The van der Waals surface area contributed by atoms with Gasteiger partial charge in [-0.15, -0.1) is 0 Å². The van der Waals surface area contributed by atoms with Crippen molar-refractivity contribution in [3.63, 3.8) is 0 Å². The number of sulfonamides is 1. The molecule has 0 spiro atoms. The number of amides is 1. The van der Waals surface area contributed by atoms with Gasteiger partial charge in [-0.1, -0.05) is 48.5 Å². The molecule has 0 bridgehead atoms. The molecule has 0 fully saturated rings. The Kier molecular flexibility index (Phi) is 5.36. The molecular weight excluding hydrogens is 384 g/mol. The Hall–Kier alpha value is -3.12. The maximum atomic E-state index is 12.8. The molecule has 148 valence electrons. The fraction of sp³-hybridized carbons (Fsp3) is 0.174. The molecule has 0 aromatic heterocycles. The molecule has 1 amide bonds. The second-order valence-electron chi connectivity index (χ2n) is 7.12. The van der Waals surface area contributed by atoms with E-state index in [1.807, 2.05) is 24.3 Å². The lowest BCUT2D eigenvalue weighted by Gasteiger charge is -2.26. The van der Waals surface area contributed by atoms with Gasteiger partial charge in [0.1, 0.15) is 0 Å². The van der Waals surface area contributed by atoms with Gasteiger partial charge in [0.25, 0.3) is 15.9 Å². The van der Waals surface area contributed by atoms with Gasteiger partial charge in [-0.2, -0.15) is 0 Å². The van der Waals surface area contributed by atoms with Crippen molar-refractivity contribution in [3.8, 4) is 0 Å². The minimum Gasteiger partial charge on any atom is -0.345 e. The molecule has 0 unspecified atom stereocenters. The van der Waals surface area contributed by atoms with E-state index in [1.54, 1.807) is 36.4 Å². The summed E-state index contributed by atoms with van der Waals surface area (Å²) in [5.41, 5.74) is 3.19. The molecule has 3 aromatic carbocycles. The molecule has 0 saturated carbocycles. The van der Waals surface area contributed by atoms with Crippen molar-refractivity contribution in [2.24, 2.45) is 0 Å². The molecule has 1 aliphatic carbocycles. The highest BCUT2D eigenvalue weighted by molar-refractivity contribution is 7.92. The Balaban J connectivity index is 1.54. The summed E-state index contributed by atoms with van der Waals surface area (Å²) in [4.78, 5) is 12.9.